The highest BCUT2D eigenvalue weighted by Crippen LogP contribution is 2.26. The quantitative estimate of drug-likeness (QED) is 0.197. The molecule has 0 saturated heterocycles. The Kier molecular flexibility index (Phi) is 7.41. The van der Waals surface area contributed by atoms with E-state index in [1.54, 1.807) is 48.5 Å². The first kappa shape index (κ1) is 22.7. The van der Waals surface area contributed by atoms with Crippen LogP contribution in [0.5, 0.6) is 11.5 Å². The van der Waals surface area contributed by atoms with Gasteiger partial charge in [0.05, 0.1) is 0 Å². The summed E-state index contributed by atoms with van der Waals surface area (Å²) in [5, 5.41) is 0. The lowest BCUT2D eigenvalue weighted by Gasteiger charge is -2.12. The van der Waals surface area contributed by atoms with Gasteiger partial charge in [0.25, 0.3) is 0 Å². The smallest absolute Gasteiger partial charge is 0.193 e. The normalized spacial score (nSPS) is 13.1. The summed E-state index contributed by atoms with van der Waals surface area (Å²) in [6.45, 7) is 0. The lowest BCUT2D eigenvalue weighted by atomic mass is 9.95. The number of rotatable bonds is 7. The minimum atomic E-state index is -0.0279. The zero-order chi connectivity index (χ0) is 22.5. The molecule has 0 radical (unpaired) electrons. The maximum absolute atomic E-state index is 12.7. The number of hydrogen-bond acceptors (Lipinski definition) is 4. The SMILES string of the molecule is O=C(C1=CC=C(OI)CC1)c1ccc(Oc2ccc(C(=O)c3ccc(I)cc3)cc2)cc1. The molecule has 0 aliphatic heterocycles. The largest absolute Gasteiger partial charge is 0.457 e. The summed E-state index contributed by atoms with van der Waals surface area (Å²) in [5.41, 5.74) is 2.64. The molecule has 6 heteroatoms. The molecule has 0 fully saturated rings. The second-order valence-electron chi connectivity index (χ2n) is 7.22. The number of carbonyl (C=O) groups excluding carboxylic acids is 2. The van der Waals surface area contributed by atoms with Crippen LogP contribution in [-0.2, 0) is 3.07 Å². The lowest BCUT2D eigenvalue weighted by molar-refractivity contribution is 0.102. The molecule has 0 bridgehead atoms. The van der Waals surface area contributed by atoms with Gasteiger partial charge in [-0.15, -0.1) is 0 Å². The number of allylic oxidation sites excluding steroid dienone is 4. The zero-order valence-corrected chi connectivity index (χ0v) is 21.2. The number of ether oxygens (including phenoxy) is 1. The average Bonchev–Trinajstić information content (AvgIpc) is 2.85. The number of ketones is 2. The van der Waals surface area contributed by atoms with Crippen molar-refractivity contribution in [1.29, 1.82) is 0 Å². The van der Waals surface area contributed by atoms with Crippen LogP contribution in [0.25, 0.3) is 0 Å². The van der Waals surface area contributed by atoms with E-state index in [1.165, 1.54) is 0 Å². The first-order chi connectivity index (χ1) is 15.5. The summed E-state index contributed by atoms with van der Waals surface area (Å²) in [6, 6.07) is 21.6. The molecule has 0 saturated carbocycles. The topological polar surface area (TPSA) is 52.6 Å². The van der Waals surface area contributed by atoms with Crippen molar-refractivity contribution in [2.45, 2.75) is 12.8 Å². The van der Waals surface area contributed by atoms with Crippen LogP contribution in [0.2, 0.25) is 0 Å². The fourth-order valence-corrected chi connectivity index (χ4v) is 4.04. The van der Waals surface area contributed by atoms with Gasteiger partial charge >= 0.3 is 0 Å². The predicted octanol–water partition coefficient (Wildman–Crippen LogP) is 7.47. The Labute approximate surface area is 214 Å². The minimum absolute atomic E-state index is 0.0128. The average molecular weight is 648 g/mol. The summed E-state index contributed by atoms with van der Waals surface area (Å²) >= 11 is 4.06. The molecule has 1 aliphatic rings. The van der Waals surface area contributed by atoms with Crippen molar-refractivity contribution >= 4 is 57.2 Å². The molecule has 160 valence electrons. The van der Waals surface area contributed by atoms with Crippen LogP contribution in [0.15, 0.2) is 96.3 Å². The van der Waals surface area contributed by atoms with E-state index in [-0.39, 0.29) is 11.6 Å². The first-order valence-electron chi connectivity index (χ1n) is 9.95. The molecule has 0 amide bonds. The first-order valence-corrected chi connectivity index (χ1v) is 11.9. The Morgan fingerprint density at radius 2 is 1.16 bits per heavy atom. The molecule has 0 spiro atoms. The van der Waals surface area contributed by atoms with Crippen molar-refractivity contribution in [3.05, 3.63) is 117 Å². The molecule has 3 aromatic carbocycles. The summed E-state index contributed by atoms with van der Waals surface area (Å²) in [6.07, 6.45) is 5.06. The zero-order valence-electron chi connectivity index (χ0n) is 16.9. The summed E-state index contributed by atoms with van der Waals surface area (Å²) < 4.78 is 12.1. The highest BCUT2D eigenvalue weighted by atomic mass is 127. The van der Waals surface area contributed by atoms with Crippen LogP contribution in [-0.4, -0.2) is 11.6 Å². The van der Waals surface area contributed by atoms with Gasteiger partial charge in [-0.3, -0.25) is 9.59 Å². The van der Waals surface area contributed by atoms with E-state index in [0.29, 0.717) is 34.6 Å². The van der Waals surface area contributed by atoms with Gasteiger partial charge in [0.15, 0.2) is 34.6 Å². The third kappa shape index (κ3) is 5.47. The van der Waals surface area contributed by atoms with Gasteiger partial charge in [-0.05, 0) is 108 Å². The van der Waals surface area contributed by atoms with Gasteiger partial charge in [-0.2, -0.15) is 0 Å². The van der Waals surface area contributed by atoms with Gasteiger partial charge < -0.3 is 7.80 Å². The maximum atomic E-state index is 12.7. The van der Waals surface area contributed by atoms with Gasteiger partial charge in [-0.1, -0.05) is 6.08 Å². The second kappa shape index (κ2) is 10.4. The summed E-state index contributed by atoms with van der Waals surface area (Å²) in [7, 11) is 0. The molecule has 0 aromatic heterocycles. The molecule has 32 heavy (non-hydrogen) atoms. The molecule has 4 rings (SSSR count). The Balaban J connectivity index is 1.41. The van der Waals surface area contributed by atoms with Crippen molar-refractivity contribution in [3.63, 3.8) is 0 Å². The molecule has 1 aliphatic carbocycles. The van der Waals surface area contributed by atoms with Gasteiger partial charge in [0, 0.05) is 32.3 Å². The summed E-state index contributed by atoms with van der Waals surface area (Å²) in [5.74, 6) is 2.10. The molecule has 0 heterocycles. The van der Waals surface area contributed by atoms with E-state index < -0.39 is 0 Å². The van der Waals surface area contributed by atoms with E-state index in [9.17, 15) is 9.59 Å². The predicted molar refractivity (Wildman–Crippen MR) is 140 cm³/mol. The van der Waals surface area contributed by atoms with E-state index in [2.05, 4.69) is 22.6 Å². The highest BCUT2D eigenvalue weighted by molar-refractivity contribution is 14.1. The van der Waals surface area contributed by atoms with Crippen molar-refractivity contribution < 1.29 is 17.4 Å². The van der Waals surface area contributed by atoms with Crippen molar-refractivity contribution in [2.24, 2.45) is 0 Å². The molecule has 0 unspecified atom stereocenters. The molecule has 3 aromatic rings. The van der Waals surface area contributed by atoms with Crippen molar-refractivity contribution in [2.75, 3.05) is 0 Å². The Hall–Kier alpha value is -2.46. The highest BCUT2D eigenvalue weighted by Gasteiger charge is 2.16. The van der Waals surface area contributed by atoms with Crippen molar-refractivity contribution in [3.8, 4) is 11.5 Å². The summed E-state index contributed by atoms with van der Waals surface area (Å²) in [4.78, 5) is 25.3. The number of Topliss-reactive ketones (excluding diaryl/α,β-unsaturated/α-hetero) is 1. The van der Waals surface area contributed by atoms with Crippen LogP contribution >= 0.6 is 45.6 Å². The second-order valence-corrected chi connectivity index (χ2v) is 8.90. The van der Waals surface area contributed by atoms with Gasteiger partial charge in [-0.25, -0.2) is 0 Å². The fourth-order valence-electron chi connectivity index (χ4n) is 3.31. The number of carbonyl (C=O) groups is 2. The van der Waals surface area contributed by atoms with E-state index in [0.717, 1.165) is 21.3 Å². The van der Waals surface area contributed by atoms with E-state index in [1.807, 2.05) is 59.4 Å². The molecule has 4 nitrogen and oxygen atoms in total. The number of hydrogen-bond donors (Lipinski definition) is 0. The van der Waals surface area contributed by atoms with E-state index in [4.69, 9.17) is 7.80 Å². The van der Waals surface area contributed by atoms with Crippen LogP contribution in [0.3, 0.4) is 0 Å². The van der Waals surface area contributed by atoms with Crippen LogP contribution < -0.4 is 4.74 Å². The van der Waals surface area contributed by atoms with E-state index >= 15 is 0 Å². The van der Waals surface area contributed by atoms with Gasteiger partial charge in [0.2, 0.25) is 0 Å². The fraction of sp³-hybridized carbons (Fsp3) is 0.0769. The lowest BCUT2D eigenvalue weighted by Crippen LogP contribution is -2.06. The minimum Gasteiger partial charge on any atom is -0.457 e. The van der Waals surface area contributed by atoms with Crippen LogP contribution in [0.4, 0.5) is 0 Å². The third-order valence-corrected chi connectivity index (χ3v) is 6.36. The molecule has 0 N–H and O–H groups in total. The maximum Gasteiger partial charge on any atom is 0.193 e. The molecule has 0 atom stereocenters. The number of benzene rings is 3. The molecular formula is C26H18I2O4. The standard InChI is InChI=1S/C26H18I2O4/c27-21-9-1-17(2-10-21)25(29)18-3-11-22(12-4-18)31-23-13-5-19(6-14-23)26(30)20-7-15-24(32-28)16-8-20/h1-7,9-15H,8,16H2. The molecular weight excluding hydrogens is 630 g/mol. The Morgan fingerprint density at radius 1 is 0.656 bits per heavy atom. The van der Waals surface area contributed by atoms with Crippen LogP contribution in [0, 0.1) is 3.57 Å². The van der Waals surface area contributed by atoms with Gasteiger partial charge in [0.1, 0.15) is 17.3 Å². The van der Waals surface area contributed by atoms with Crippen molar-refractivity contribution in [1.82, 2.24) is 0 Å². The monoisotopic (exact) mass is 648 g/mol. The Morgan fingerprint density at radius 3 is 1.62 bits per heavy atom. The third-order valence-electron chi connectivity index (χ3n) is 5.08. The number of halogens is 2. The van der Waals surface area contributed by atoms with Crippen LogP contribution in [0.1, 0.15) is 39.1 Å². The Bertz CT molecular complexity index is 1190.